The highest BCUT2D eigenvalue weighted by molar-refractivity contribution is 6.28. The maximum atomic E-state index is 5.95. The van der Waals surface area contributed by atoms with Gasteiger partial charge in [0.25, 0.3) is 0 Å². The molecule has 2 N–H and O–H groups in total. The fourth-order valence-electron chi connectivity index (χ4n) is 2.10. The fraction of sp³-hybridized carbons (Fsp3) is 0.0625. The first-order chi connectivity index (χ1) is 10.8. The van der Waals surface area contributed by atoms with Crippen LogP contribution >= 0.6 is 11.6 Å². The van der Waals surface area contributed by atoms with E-state index >= 15 is 0 Å². The van der Waals surface area contributed by atoms with E-state index in [9.17, 15) is 0 Å². The summed E-state index contributed by atoms with van der Waals surface area (Å²) in [5.41, 5.74) is 0.912. The Morgan fingerprint density at radius 2 is 1.77 bits per heavy atom. The minimum absolute atomic E-state index is 0.129. The predicted molar refractivity (Wildman–Crippen MR) is 90.8 cm³/mol. The van der Waals surface area contributed by atoms with E-state index in [1.54, 1.807) is 6.08 Å². The molecule has 110 valence electrons. The van der Waals surface area contributed by atoms with E-state index < -0.39 is 0 Å². The van der Waals surface area contributed by atoms with Crippen LogP contribution in [0.4, 0.5) is 17.6 Å². The van der Waals surface area contributed by atoms with E-state index in [2.05, 4.69) is 44.3 Å². The van der Waals surface area contributed by atoms with E-state index in [1.807, 2.05) is 30.3 Å². The van der Waals surface area contributed by atoms with Crippen molar-refractivity contribution < 1.29 is 0 Å². The summed E-state index contributed by atoms with van der Waals surface area (Å²) in [6, 6.07) is 14.1. The largest absolute Gasteiger partial charge is 0.351 e. The van der Waals surface area contributed by atoms with Gasteiger partial charge in [-0.25, -0.2) is 0 Å². The molecule has 0 radical (unpaired) electrons. The molecule has 2 aromatic carbocycles. The molecule has 0 saturated carbocycles. The molecule has 0 unspecified atom stereocenters. The summed E-state index contributed by atoms with van der Waals surface area (Å²) in [6.07, 6.45) is 1.72. The van der Waals surface area contributed by atoms with Gasteiger partial charge in [0, 0.05) is 17.6 Å². The van der Waals surface area contributed by atoms with Gasteiger partial charge in [0.15, 0.2) is 0 Å². The second-order valence-electron chi connectivity index (χ2n) is 4.57. The summed E-state index contributed by atoms with van der Waals surface area (Å²) >= 11 is 5.95. The Balaban J connectivity index is 1.94. The van der Waals surface area contributed by atoms with Crippen molar-refractivity contribution in [2.45, 2.75) is 0 Å². The number of nitrogens with zero attached hydrogens (tertiary/aromatic N) is 3. The van der Waals surface area contributed by atoms with Crippen molar-refractivity contribution in [2.75, 3.05) is 17.2 Å². The van der Waals surface area contributed by atoms with Gasteiger partial charge in [-0.05, 0) is 23.1 Å². The number of rotatable bonds is 5. The van der Waals surface area contributed by atoms with Crippen LogP contribution in [-0.2, 0) is 0 Å². The summed E-state index contributed by atoms with van der Waals surface area (Å²) in [5, 5.41) is 8.54. The van der Waals surface area contributed by atoms with Gasteiger partial charge in [0.05, 0.1) is 0 Å². The van der Waals surface area contributed by atoms with Crippen molar-refractivity contribution in [1.29, 1.82) is 0 Å². The number of halogens is 1. The Kier molecular flexibility index (Phi) is 4.16. The molecule has 0 fully saturated rings. The molecule has 0 atom stereocenters. The molecule has 1 heterocycles. The van der Waals surface area contributed by atoms with Crippen LogP contribution in [0.2, 0.25) is 5.28 Å². The van der Waals surface area contributed by atoms with Gasteiger partial charge in [-0.1, -0.05) is 42.5 Å². The Morgan fingerprint density at radius 3 is 2.64 bits per heavy atom. The third-order valence-electron chi connectivity index (χ3n) is 3.05. The normalized spacial score (nSPS) is 10.4. The zero-order valence-corrected chi connectivity index (χ0v) is 12.5. The van der Waals surface area contributed by atoms with Crippen molar-refractivity contribution in [3.05, 3.63) is 60.4 Å². The number of hydrogen-bond acceptors (Lipinski definition) is 5. The van der Waals surface area contributed by atoms with Crippen molar-refractivity contribution in [3.8, 4) is 0 Å². The van der Waals surface area contributed by atoms with Crippen LogP contribution < -0.4 is 10.6 Å². The lowest BCUT2D eigenvalue weighted by Gasteiger charge is -2.09. The van der Waals surface area contributed by atoms with Gasteiger partial charge in [-0.15, -0.1) is 6.58 Å². The third kappa shape index (κ3) is 3.15. The molecule has 1 aromatic heterocycles. The van der Waals surface area contributed by atoms with Crippen LogP contribution in [-0.4, -0.2) is 21.5 Å². The number of hydrogen-bond donors (Lipinski definition) is 2. The molecular weight excluding hydrogens is 298 g/mol. The number of nitrogens with one attached hydrogen (secondary N) is 2. The van der Waals surface area contributed by atoms with Crippen molar-refractivity contribution in [3.63, 3.8) is 0 Å². The fourth-order valence-corrected chi connectivity index (χ4v) is 2.26. The first-order valence-corrected chi connectivity index (χ1v) is 7.15. The van der Waals surface area contributed by atoms with E-state index in [0.717, 1.165) is 16.5 Å². The van der Waals surface area contributed by atoms with Gasteiger partial charge >= 0.3 is 0 Å². The van der Waals surface area contributed by atoms with Gasteiger partial charge in [-0.2, -0.15) is 15.0 Å². The molecule has 0 aliphatic rings. The van der Waals surface area contributed by atoms with Gasteiger partial charge in [-0.3, -0.25) is 0 Å². The summed E-state index contributed by atoms with van der Waals surface area (Å²) in [5.74, 6) is 0.797. The van der Waals surface area contributed by atoms with E-state index in [-0.39, 0.29) is 5.28 Å². The van der Waals surface area contributed by atoms with Crippen LogP contribution in [0.3, 0.4) is 0 Å². The molecule has 5 nitrogen and oxygen atoms in total. The lowest BCUT2D eigenvalue weighted by Crippen LogP contribution is -2.07. The number of fused-ring (bicyclic) bond motifs is 1. The molecule has 0 amide bonds. The monoisotopic (exact) mass is 311 g/mol. The van der Waals surface area contributed by atoms with Gasteiger partial charge in [0.1, 0.15) is 0 Å². The molecule has 0 spiro atoms. The van der Waals surface area contributed by atoms with Crippen LogP contribution in [0.15, 0.2) is 55.1 Å². The van der Waals surface area contributed by atoms with E-state index in [0.29, 0.717) is 18.4 Å². The average Bonchev–Trinajstić information content (AvgIpc) is 2.53. The molecule has 3 aromatic rings. The van der Waals surface area contributed by atoms with Crippen LogP contribution in [0, 0.1) is 0 Å². The number of aromatic nitrogens is 3. The number of benzene rings is 2. The van der Waals surface area contributed by atoms with Gasteiger partial charge in [0.2, 0.25) is 17.2 Å². The first-order valence-electron chi connectivity index (χ1n) is 6.77. The van der Waals surface area contributed by atoms with Crippen LogP contribution in [0.25, 0.3) is 10.8 Å². The standard InChI is InChI=1S/C16H14ClN5/c1-2-10-18-15-20-14(17)21-16(22-15)19-13-9-5-7-11-6-3-4-8-12(11)13/h2-9H,1,10H2,(H2,18,19,20,21,22). The summed E-state index contributed by atoms with van der Waals surface area (Å²) < 4.78 is 0. The van der Waals surface area contributed by atoms with E-state index in [4.69, 9.17) is 11.6 Å². The second-order valence-corrected chi connectivity index (χ2v) is 4.91. The minimum atomic E-state index is 0.129. The highest BCUT2D eigenvalue weighted by Gasteiger charge is 2.06. The maximum Gasteiger partial charge on any atom is 0.233 e. The molecule has 3 rings (SSSR count). The zero-order chi connectivity index (χ0) is 15.4. The summed E-state index contributed by atoms with van der Waals surface area (Å²) in [6.45, 7) is 4.19. The molecule has 0 bridgehead atoms. The van der Waals surface area contributed by atoms with Crippen molar-refractivity contribution in [1.82, 2.24) is 15.0 Å². The summed E-state index contributed by atoms with van der Waals surface area (Å²) in [4.78, 5) is 12.4. The lowest BCUT2D eigenvalue weighted by atomic mass is 10.1. The van der Waals surface area contributed by atoms with E-state index in [1.165, 1.54) is 0 Å². The minimum Gasteiger partial charge on any atom is -0.351 e. The van der Waals surface area contributed by atoms with Crippen LogP contribution in [0.5, 0.6) is 0 Å². The highest BCUT2D eigenvalue weighted by atomic mass is 35.5. The quantitative estimate of drug-likeness (QED) is 0.697. The highest BCUT2D eigenvalue weighted by Crippen LogP contribution is 2.25. The Bertz CT molecular complexity index is 813. The zero-order valence-electron chi connectivity index (χ0n) is 11.8. The molecular formula is C16H14ClN5. The maximum absolute atomic E-state index is 5.95. The Morgan fingerprint density at radius 1 is 1.00 bits per heavy atom. The SMILES string of the molecule is C=CCNc1nc(Cl)nc(Nc2cccc3ccccc23)n1. The smallest absolute Gasteiger partial charge is 0.233 e. The van der Waals surface area contributed by atoms with Crippen molar-refractivity contribution in [2.24, 2.45) is 0 Å². The Hall–Kier alpha value is -2.66. The lowest BCUT2D eigenvalue weighted by molar-refractivity contribution is 1.04. The molecule has 6 heteroatoms. The second kappa shape index (κ2) is 6.41. The number of anilines is 3. The Labute approximate surface area is 133 Å². The first kappa shape index (κ1) is 14.3. The summed E-state index contributed by atoms with van der Waals surface area (Å²) in [7, 11) is 0. The predicted octanol–water partition coefficient (Wildman–Crippen LogP) is 4.02. The third-order valence-corrected chi connectivity index (χ3v) is 3.22. The van der Waals surface area contributed by atoms with Gasteiger partial charge < -0.3 is 10.6 Å². The van der Waals surface area contributed by atoms with Crippen LogP contribution in [0.1, 0.15) is 0 Å². The molecule has 0 aliphatic carbocycles. The molecule has 0 aliphatic heterocycles. The average molecular weight is 312 g/mol. The van der Waals surface area contributed by atoms with Crippen molar-refractivity contribution >= 4 is 40.0 Å². The topological polar surface area (TPSA) is 62.7 Å². The molecule has 22 heavy (non-hydrogen) atoms. The molecule has 0 saturated heterocycles.